The van der Waals surface area contributed by atoms with Crippen molar-refractivity contribution in [2.24, 2.45) is 0 Å². The van der Waals surface area contributed by atoms with Crippen LogP contribution in [0.25, 0.3) is 0 Å². The zero-order chi connectivity index (χ0) is 31.3. The number of esters is 1. The van der Waals surface area contributed by atoms with Crippen molar-refractivity contribution in [3.8, 4) is 0 Å². The number of ether oxygens (including phenoxy) is 1. The molecule has 0 aliphatic carbocycles. The largest absolute Gasteiger partial charge is 0.480 e. The fourth-order valence-electron chi connectivity index (χ4n) is 4.63. The Morgan fingerprint density at radius 1 is 0.690 bits per heavy atom. The van der Waals surface area contributed by atoms with Crippen LogP contribution in [0, 0.1) is 0 Å². The molecule has 0 radical (unpaired) electrons. The molecule has 9 nitrogen and oxygen atoms in total. The first-order chi connectivity index (χ1) is 20.3. The maximum absolute atomic E-state index is 12.5. The zero-order valence-corrected chi connectivity index (χ0v) is 26.5. The van der Waals surface area contributed by atoms with E-state index < -0.39 is 24.5 Å². The van der Waals surface area contributed by atoms with Gasteiger partial charge in [-0.1, -0.05) is 90.2 Å². The summed E-state index contributed by atoms with van der Waals surface area (Å²) in [4.78, 5) is 47.0. The third-order valence-electron chi connectivity index (χ3n) is 7.26. The average molecular weight is 597 g/mol. The number of allylic oxidation sites excluding steroid dienone is 2. The number of carbonyl (C=O) groups is 4. The van der Waals surface area contributed by atoms with Gasteiger partial charge in [0.05, 0.1) is 13.2 Å². The van der Waals surface area contributed by atoms with Gasteiger partial charge in [-0.25, -0.2) is 4.79 Å². The maximum Gasteiger partial charge on any atom is 0.328 e. The molecule has 244 valence electrons. The van der Waals surface area contributed by atoms with Gasteiger partial charge in [-0.3, -0.25) is 14.4 Å². The van der Waals surface area contributed by atoms with E-state index in [1.165, 1.54) is 44.9 Å². The van der Waals surface area contributed by atoms with Crippen molar-refractivity contribution < 1.29 is 34.1 Å². The molecule has 0 aromatic carbocycles. The number of hydrogen-bond donors (Lipinski definition) is 4. The molecule has 0 aliphatic rings. The van der Waals surface area contributed by atoms with Gasteiger partial charge < -0.3 is 25.6 Å². The number of hydrogen-bond acceptors (Lipinski definition) is 6. The maximum atomic E-state index is 12.5. The molecule has 2 atom stereocenters. The van der Waals surface area contributed by atoms with Gasteiger partial charge in [0.15, 0.2) is 0 Å². The van der Waals surface area contributed by atoms with E-state index in [2.05, 4.69) is 36.6 Å². The van der Waals surface area contributed by atoms with Gasteiger partial charge in [0.25, 0.3) is 0 Å². The second-order valence-electron chi connectivity index (χ2n) is 11.3. The van der Waals surface area contributed by atoms with Crippen molar-refractivity contribution >= 4 is 23.8 Å². The third-order valence-corrected chi connectivity index (χ3v) is 7.26. The summed E-state index contributed by atoms with van der Waals surface area (Å²) in [5, 5.41) is 22.4. The van der Waals surface area contributed by atoms with Crippen LogP contribution in [-0.2, 0) is 23.9 Å². The Bertz CT molecular complexity index is 742. The van der Waals surface area contributed by atoms with Crippen LogP contribution in [0.4, 0.5) is 0 Å². The Morgan fingerprint density at radius 2 is 1.24 bits per heavy atom. The van der Waals surface area contributed by atoms with Crippen LogP contribution in [0.1, 0.15) is 149 Å². The second-order valence-corrected chi connectivity index (χ2v) is 11.3. The molecular weight excluding hydrogens is 536 g/mol. The number of nitrogens with one attached hydrogen (secondary N) is 2. The summed E-state index contributed by atoms with van der Waals surface area (Å²) < 4.78 is 5.87. The van der Waals surface area contributed by atoms with Gasteiger partial charge in [0.1, 0.15) is 12.1 Å². The molecule has 0 saturated heterocycles. The van der Waals surface area contributed by atoms with Crippen molar-refractivity contribution in [2.45, 2.75) is 161 Å². The van der Waals surface area contributed by atoms with E-state index in [0.29, 0.717) is 12.8 Å². The molecular formula is C33H60N2O7. The highest BCUT2D eigenvalue weighted by Crippen LogP contribution is 2.17. The van der Waals surface area contributed by atoms with E-state index in [9.17, 15) is 19.2 Å². The topological polar surface area (TPSA) is 142 Å². The van der Waals surface area contributed by atoms with Crippen LogP contribution >= 0.6 is 0 Å². The van der Waals surface area contributed by atoms with Crippen LogP contribution in [0.3, 0.4) is 0 Å². The summed E-state index contributed by atoms with van der Waals surface area (Å²) in [5.74, 6) is -2.35. The van der Waals surface area contributed by atoms with Crippen LogP contribution in [0.5, 0.6) is 0 Å². The first kappa shape index (κ1) is 39.6. The lowest BCUT2D eigenvalue weighted by Gasteiger charge is -2.18. The predicted octanol–water partition coefficient (Wildman–Crippen LogP) is 6.36. The standard InChI is InChI=1S/C33H60N2O7/c1-3-5-7-9-10-11-12-13-14-15-21-25-32(39)42-28(22-18-8-6-4-2)23-19-16-17-20-24-30(37)34-26-31(38)35-29(27-36)33(40)41/h9-10,28-29,36H,3-8,11-27H2,1-2H3,(H,34,37)(H,35,38)(H,40,41)/b10-9-. The van der Waals surface area contributed by atoms with Crippen molar-refractivity contribution in [3.63, 3.8) is 0 Å². The lowest BCUT2D eigenvalue weighted by molar-refractivity contribution is -0.150. The number of aliphatic hydroxyl groups is 1. The van der Waals surface area contributed by atoms with Gasteiger partial charge in [0.2, 0.25) is 11.8 Å². The van der Waals surface area contributed by atoms with Crippen molar-refractivity contribution in [3.05, 3.63) is 12.2 Å². The molecule has 0 bridgehead atoms. The molecule has 0 saturated carbocycles. The van der Waals surface area contributed by atoms with Gasteiger partial charge in [-0.2, -0.15) is 0 Å². The highest BCUT2D eigenvalue weighted by atomic mass is 16.5. The number of aliphatic carboxylic acids is 1. The van der Waals surface area contributed by atoms with Crippen LogP contribution in [-0.4, -0.2) is 59.3 Å². The minimum absolute atomic E-state index is 0.0378. The molecule has 4 N–H and O–H groups in total. The fourth-order valence-corrected chi connectivity index (χ4v) is 4.63. The molecule has 2 unspecified atom stereocenters. The number of carbonyl (C=O) groups excluding carboxylic acids is 3. The number of rotatable bonds is 29. The van der Waals surface area contributed by atoms with Gasteiger partial charge in [0, 0.05) is 12.8 Å². The minimum Gasteiger partial charge on any atom is -0.480 e. The summed E-state index contributed by atoms with van der Waals surface area (Å²) in [7, 11) is 0. The lowest BCUT2D eigenvalue weighted by Crippen LogP contribution is -2.47. The second kappa shape index (κ2) is 28.7. The summed E-state index contributed by atoms with van der Waals surface area (Å²) in [6, 6.07) is -1.38. The van der Waals surface area contributed by atoms with Crippen LogP contribution in [0.15, 0.2) is 12.2 Å². The normalized spacial score (nSPS) is 12.6. The first-order valence-corrected chi connectivity index (χ1v) is 16.6. The number of aliphatic hydroxyl groups excluding tert-OH is 1. The molecule has 0 aromatic heterocycles. The molecule has 0 heterocycles. The predicted molar refractivity (Wildman–Crippen MR) is 167 cm³/mol. The summed E-state index contributed by atoms with van der Waals surface area (Å²) in [5.41, 5.74) is 0. The van der Waals surface area contributed by atoms with Gasteiger partial charge >= 0.3 is 11.9 Å². The molecule has 0 aliphatic heterocycles. The van der Waals surface area contributed by atoms with Gasteiger partial charge in [-0.15, -0.1) is 0 Å². The monoisotopic (exact) mass is 596 g/mol. The lowest BCUT2D eigenvalue weighted by atomic mass is 10.0. The number of carboxylic acid groups (broad SMARTS) is 1. The fraction of sp³-hybridized carbons (Fsp3) is 0.818. The van der Waals surface area contributed by atoms with Gasteiger partial charge in [-0.05, 0) is 57.8 Å². The molecule has 0 spiro atoms. The van der Waals surface area contributed by atoms with E-state index in [4.69, 9.17) is 14.9 Å². The van der Waals surface area contributed by atoms with Crippen molar-refractivity contribution in [1.29, 1.82) is 0 Å². The highest BCUT2D eigenvalue weighted by molar-refractivity contribution is 5.87. The van der Waals surface area contributed by atoms with E-state index in [0.717, 1.165) is 70.6 Å². The molecule has 2 amide bonds. The van der Waals surface area contributed by atoms with E-state index in [-0.39, 0.29) is 30.9 Å². The Balaban J connectivity index is 4.11. The molecule has 0 fully saturated rings. The Hall–Kier alpha value is -2.42. The minimum atomic E-state index is -1.38. The van der Waals surface area contributed by atoms with Crippen LogP contribution in [0.2, 0.25) is 0 Å². The Labute approximate surface area is 254 Å². The summed E-state index contributed by atoms with van der Waals surface area (Å²) in [6.45, 7) is 3.35. The van der Waals surface area contributed by atoms with Crippen molar-refractivity contribution in [2.75, 3.05) is 13.2 Å². The molecule has 0 aromatic rings. The first-order valence-electron chi connectivity index (χ1n) is 16.6. The van der Waals surface area contributed by atoms with Crippen LogP contribution < -0.4 is 10.6 Å². The van der Waals surface area contributed by atoms with E-state index in [1.807, 2.05) is 0 Å². The quantitative estimate of drug-likeness (QED) is 0.0447. The van der Waals surface area contributed by atoms with E-state index >= 15 is 0 Å². The Kier molecular flexibility index (Phi) is 27.0. The number of amides is 2. The average Bonchev–Trinajstić information content (AvgIpc) is 2.97. The van der Waals surface area contributed by atoms with E-state index in [1.54, 1.807) is 0 Å². The highest BCUT2D eigenvalue weighted by Gasteiger charge is 2.19. The SMILES string of the molecule is CCCC/C=C\CCCCCCCC(=O)OC(CCCCCC)CCCCCCC(=O)NCC(=O)NC(CO)C(=O)O. The molecule has 9 heteroatoms. The Morgan fingerprint density at radius 3 is 1.86 bits per heavy atom. The number of unbranched alkanes of at least 4 members (excludes halogenated alkanes) is 13. The summed E-state index contributed by atoms with van der Waals surface area (Å²) >= 11 is 0. The smallest absolute Gasteiger partial charge is 0.328 e. The van der Waals surface area contributed by atoms with Crippen molar-refractivity contribution in [1.82, 2.24) is 10.6 Å². The molecule has 0 rings (SSSR count). The number of carboxylic acids is 1. The third kappa shape index (κ3) is 25.3. The zero-order valence-electron chi connectivity index (χ0n) is 26.5. The molecule has 42 heavy (non-hydrogen) atoms. The summed E-state index contributed by atoms with van der Waals surface area (Å²) in [6.07, 6.45) is 25.5.